The monoisotopic (exact) mass is 320 g/mol. The predicted molar refractivity (Wildman–Crippen MR) is 93.3 cm³/mol. The van der Waals surface area contributed by atoms with Crippen LogP contribution in [0.2, 0.25) is 0 Å². The number of aromatic amines is 1. The molecule has 0 bridgehead atoms. The van der Waals surface area contributed by atoms with Crippen molar-refractivity contribution >= 4 is 22.4 Å². The van der Waals surface area contributed by atoms with Gasteiger partial charge in [-0.25, -0.2) is 9.97 Å². The van der Waals surface area contributed by atoms with E-state index in [2.05, 4.69) is 32.2 Å². The summed E-state index contributed by atoms with van der Waals surface area (Å²) in [4.78, 5) is 16.1. The molecule has 0 aromatic carbocycles. The molecule has 2 heterocycles. The number of hydrogen-bond donors (Lipinski definition) is 3. The highest BCUT2D eigenvalue weighted by atomic mass is 32.1. The lowest BCUT2D eigenvalue weighted by molar-refractivity contribution is 0.638. The number of aryl methyl sites for hydroxylation is 1. The lowest BCUT2D eigenvalue weighted by Gasteiger charge is -2.01. The Balaban J connectivity index is 1.79. The van der Waals surface area contributed by atoms with Gasteiger partial charge in [0.2, 0.25) is 0 Å². The van der Waals surface area contributed by atoms with E-state index in [9.17, 15) is 0 Å². The van der Waals surface area contributed by atoms with Crippen LogP contribution in [0.4, 0.5) is 5.13 Å². The van der Waals surface area contributed by atoms with Crippen LogP contribution in [0.25, 0.3) is 11.4 Å². The van der Waals surface area contributed by atoms with Gasteiger partial charge < -0.3 is 16.0 Å². The number of thiazole rings is 1. The number of H-pyrrole nitrogens is 1. The molecular formula is C15H24N6S. The Morgan fingerprint density at radius 1 is 1.36 bits per heavy atom. The van der Waals surface area contributed by atoms with Gasteiger partial charge in [-0.1, -0.05) is 32.6 Å². The van der Waals surface area contributed by atoms with Crippen molar-refractivity contribution in [1.29, 1.82) is 0 Å². The Bertz CT molecular complexity index is 601. The summed E-state index contributed by atoms with van der Waals surface area (Å²) < 4.78 is 0. The molecule has 6 nitrogen and oxygen atoms in total. The lowest BCUT2D eigenvalue weighted by Crippen LogP contribution is -2.22. The fourth-order valence-electron chi connectivity index (χ4n) is 2.07. The molecule has 0 saturated heterocycles. The third kappa shape index (κ3) is 5.14. The Morgan fingerprint density at radius 2 is 2.18 bits per heavy atom. The first-order valence-corrected chi connectivity index (χ1v) is 8.61. The van der Waals surface area contributed by atoms with E-state index in [4.69, 9.17) is 5.73 Å². The first-order valence-electron chi connectivity index (χ1n) is 7.73. The summed E-state index contributed by atoms with van der Waals surface area (Å²) in [7, 11) is 0. The van der Waals surface area contributed by atoms with Crippen LogP contribution in [-0.2, 0) is 0 Å². The maximum absolute atomic E-state index is 5.88. The standard InChI is InChI=1S/C15H24N6S/c1-3-4-5-6-7-8-17-14(16)21-15-20-13(10-22-15)12-9-18-11(2)19-12/h9-10H,3-8H2,1-2H3,(H,18,19)(H3,16,17,20,21). The van der Waals surface area contributed by atoms with Crippen LogP contribution < -0.4 is 11.1 Å². The van der Waals surface area contributed by atoms with Crippen molar-refractivity contribution in [2.24, 2.45) is 10.7 Å². The highest BCUT2D eigenvalue weighted by Crippen LogP contribution is 2.23. The second-order valence-electron chi connectivity index (χ2n) is 5.23. The van der Waals surface area contributed by atoms with Crippen LogP contribution in [0, 0.1) is 6.92 Å². The van der Waals surface area contributed by atoms with E-state index < -0.39 is 0 Å². The molecule has 0 aliphatic carbocycles. The number of anilines is 1. The van der Waals surface area contributed by atoms with Gasteiger partial charge in [0.1, 0.15) is 11.5 Å². The van der Waals surface area contributed by atoms with E-state index in [1.165, 1.54) is 37.0 Å². The number of hydrogen-bond acceptors (Lipinski definition) is 4. The zero-order valence-corrected chi connectivity index (χ0v) is 14.0. The van der Waals surface area contributed by atoms with E-state index in [0.29, 0.717) is 5.96 Å². The number of guanidine groups is 1. The summed E-state index contributed by atoms with van der Waals surface area (Å²) in [6, 6.07) is 0. The number of aliphatic imine (C=N–C) groups is 1. The summed E-state index contributed by atoms with van der Waals surface area (Å²) in [5.74, 6) is 1.30. The molecule has 0 fully saturated rings. The highest BCUT2D eigenvalue weighted by Gasteiger charge is 2.07. The molecule has 7 heteroatoms. The maximum Gasteiger partial charge on any atom is 0.194 e. The number of nitrogens with zero attached hydrogens (tertiary/aromatic N) is 3. The third-order valence-electron chi connectivity index (χ3n) is 3.26. The van der Waals surface area contributed by atoms with Crippen molar-refractivity contribution in [2.45, 2.75) is 46.0 Å². The molecule has 0 aliphatic heterocycles. The Morgan fingerprint density at radius 3 is 2.91 bits per heavy atom. The zero-order chi connectivity index (χ0) is 15.8. The molecule has 0 saturated carbocycles. The van der Waals surface area contributed by atoms with Gasteiger partial charge in [-0.3, -0.25) is 4.99 Å². The smallest absolute Gasteiger partial charge is 0.194 e. The predicted octanol–water partition coefficient (Wildman–Crippen LogP) is 3.54. The van der Waals surface area contributed by atoms with Gasteiger partial charge in [-0.2, -0.15) is 0 Å². The first kappa shape index (κ1) is 16.5. The van der Waals surface area contributed by atoms with Gasteiger partial charge in [0.25, 0.3) is 0 Å². The minimum Gasteiger partial charge on any atom is -0.370 e. The maximum atomic E-state index is 5.88. The molecule has 120 valence electrons. The van der Waals surface area contributed by atoms with Gasteiger partial charge in [0.15, 0.2) is 11.1 Å². The molecule has 0 unspecified atom stereocenters. The highest BCUT2D eigenvalue weighted by molar-refractivity contribution is 7.14. The molecule has 2 rings (SSSR count). The summed E-state index contributed by atoms with van der Waals surface area (Å²) in [6.07, 6.45) is 7.91. The quantitative estimate of drug-likeness (QED) is 0.394. The van der Waals surface area contributed by atoms with Crippen LogP contribution in [-0.4, -0.2) is 27.5 Å². The number of nitrogens with two attached hydrogens (primary N) is 1. The van der Waals surface area contributed by atoms with Gasteiger partial charge in [0.05, 0.1) is 11.9 Å². The van der Waals surface area contributed by atoms with E-state index in [0.717, 1.165) is 35.3 Å². The molecule has 0 spiro atoms. The van der Waals surface area contributed by atoms with Crippen molar-refractivity contribution in [3.05, 3.63) is 17.4 Å². The van der Waals surface area contributed by atoms with Crippen LogP contribution in [0.5, 0.6) is 0 Å². The topological polar surface area (TPSA) is 92.0 Å². The van der Waals surface area contributed by atoms with Crippen molar-refractivity contribution in [3.63, 3.8) is 0 Å². The number of rotatable bonds is 8. The van der Waals surface area contributed by atoms with E-state index in [1.54, 1.807) is 6.20 Å². The summed E-state index contributed by atoms with van der Waals surface area (Å²) in [5.41, 5.74) is 7.66. The number of aromatic nitrogens is 3. The Hall–Kier alpha value is -1.89. The van der Waals surface area contributed by atoms with Crippen molar-refractivity contribution in [3.8, 4) is 11.4 Å². The second-order valence-corrected chi connectivity index (χ2v) is 6.08. The minimum atomic E-state index is 0.428. The Labute approximate surface area is 135 Å². The van der Waals surface area contributed by atoms with Crippen LogP contribution in [0.1, 0.15) is 44.9 Å². The molecule has 0 atom stereocenters. The average Bonchev–Trinajstić information content (AvgIpc) is 3.11. The average molecular weight is 320 g/mol. The first-order chi connectivity index (χ1) is 10.7. The Kier molecular flexibility index (Phi) is 6.39. The van der Waals surface area contributed by atoms with E-state index in [1.807, 2.05) is 12.3 Å². The SMILES string of the molecule is CCCCCCCN=C(N)Nc1nc(-c2cnc(C)[nH]2)cs1. The molecular weight excluding hydrogens is 296 g/mol. The van der Waals surface area contributed by atoms with E-state index in [-0.39, 0.29) is 0 Å². The number of imidazole rings is 1. The third-order valence-corrected chi connectivity index (χ3v) is 4.02. The molecule has 0 amide bonds. The summed E-state index contributed by atoms with van der Waals surface area (Å²) in [6.45, 7) is 4.90. The molecule has 4 N–H and O–H groups in total. The molecule has 0 radical (unpaired) electrons. The van der Waals surface area contributed by atoms with Crippen molar-refractivity contribution < 1.29 is 0 Å². The lowest BCUT2D eigenvalue weighted by atomic mass is 10.2. The minimum absolute atomic E-state index is 0.428. The zero-order valence-electron chi connectivity index (χ0n) is 13.2. The normalized spacial score (nSPS) is 11.8. The second kappa shape index (κ2) is 8.53. The van der Waals surface area contributed by atoms with Crippen LogP contribution >= 0.6 is 11.3 Å². The van der Waals surface area contributed by atoms with Crippen LogP contribution in [0.15, 0.2) is 16.6 Å². The van der Waals surface area contributed by atoms with Crippen LogP contribution in [0.3, 0.4) is 0 Å². The molecule has 2 aromatic heterocycles. The largest absolute Gasteiger partial charge is 0.370 e. The molecule has 0 aliphatic rings. The number of unbranched alkanes of at least 4 members (excludes halogenated alkanes) is 4. The summed E-state index contributed by atoms with van der Waals surface area (Å²) >= 11 is 1.50. The molecule has 2 aromatic rings. The van der Waals surface area contributed by atoms with Crippen molar-refractivity contribution in [2.75, 3.05) is 11.9 Å². The van der Waals surface area contributed by atoms with Crippen molar-refractivity contribution in [1.82, 2.24) is 15.0 Å². The van der Waals surface area contributed by atoms with Gasteiger partial charge in [-0.15, -0.1) is 11.3 Å². The van der Waals surface area contributed by atoms with E-state index >= 15 is 0 Å². The molecule has 22 heavy (non-hydrogen) atoms. The fraction of sp³-hybridized carbons (Fsp3) is 0.533. The van der Waals surface area contributed by atoms with Gasteiger partial charge in [-0.05, 0) is 13.3 Å². The fourth-order valence-corrected chi connectivity index (χ4v) is 2.79. The number of nitrogens with one attached hydrogen (secondary N) is 2. The van der Waals surface area contributed by atoms with Gasteiger partial charge in [0, 0.05) is 11.9 Å². The summed E-state index contributed by atoms with van der Waals surface area (Å²) in [5, 5.41) is 5.75. The van der Waals surface area contributed by atoms with Gasteiger partial charge >= 0.3 is 0 Å².